The minimum atomic E-state index is 0.355. The first kappa shape index (κ1) is 10.3. The molecule has 2 heteroatoms. The molecular formula is C13H18O2. The summed E-state index contributed by atoms with van der Waals surface area (Å²) >= 11 is 0. The zero-order chi connectivity index (χ0) is 10.9. The maximum atomic E-state index is 5.37. The van der Waals surface area contributed by atoms with E-state index >= 15 is 0 Å². The third-order valence-electron chi connectivity index (χ3n) is 3.08. The van der Waals surface area contributed by atoms with Crippen molar-refractivity contribution in [1.29, 1.82) is 0 Å². The molecule has 0 unspecified atom stereocenters. The summed E-state index contributed by atoms with van der Waals surface area (Å²) in [5.74, 6) is 1.76. The quantitative estimate of drug-likeness (QED) is 0.754. The van der Waals surface area contributed by atoms with Crippen LogP contribution in [0.1, 0.15) is 32.8 Å². The summed E-state index contributed by atoms with van der Waals surface area (Å²) in [6.07, 6.45) is 2.27. The fraction of sp³-hybridized carbons (Fsp3) is 0.538. The summed E-state index contributed by atoms with van der Waals surface area (Å²) in [6, 6.07) is 6.23. The second-order valence-electron chi connectivity index (χ2n) is 4.88. The van der Waals surface area contributed by atoms with Gasteiger partial charge in [0.05, 0.1) is 0 Å². The zero-order valence-corrected chi connectivity index (χ0v) is 9.67. The second-order valence-corrected chi connectivity index (χ2v) is 4.88. The monoisotopic (exact) mass is 206 g/mol. The van der Waals surface area contributed by atoms with Crippen molar-refractivity contribution in [2.24, 2.45) is 5.41 Å². The smallest absolute Gasteiger partial charge is 0.231 e. The SMILES string of the molecule is CCC(C)(C)Cc1ccc2c(c1)OCO2. The molecule has 0 amide bonds. The molecule has 1 aromatic rings. The summed E-state index contributed by atoms with van der Waals surface area (Å²) < 4.78 is 10.7. The fourth-order valence-corrected chi connectivity index (χ4v) is 1.73. The van der Waals surface area contributed by atoms with Gasteiger partial charge in [-0.2, -0.15) is 0 Å². The lowest BCUT2D eigenvalue weighted by atomic mass is 9.83. The predicted octanol–water partition coefficient (Wildman–Crippen LogP) is 3.39. The largest absolute Gasteiger partial charge is 0.454 e. The van der Waals surface area contributed by atoms with E-state index in [1.54, 1.807) is 0 Å². The Morgan fingerprint density at radius 3 is 2.67 bits per heavy atom. The Morgan fingerprint density at radius 2 is 1.93 bits per heavy atom. The Morgan fingerprint density at radius 1 is 1.20 bits per heavy atom. The third-order valence-corrected chi connectivity index (χ3v) is 3.08. The Kier molecular flexibility index (Phi) is 2.59. The molecule has 1 aliphatic heterocycles. The highest BCUT2D eigenvalue weighted by Gasteiger charge is 2.18. The van der Waals surface area contributed by atoms with Crippen LogP contribution in [0.3, 0.4) is 0 Å². The molecular weight excluding hydrogens is 188 g/mol. The Balaban J connectivity index is 2.17. The summed E-state index contributed by atoms with van der Waals surface area (Å²) in [7, 11) is 0. The van der Waals surface area contributed by atoms with Crippen LogP contribution in [0.5, 0.6) is 11.5 Å². The van der Waals surface area contributed by atoms with E-state index in [4.69, 9.17) is 9.47 Å². The van der Waals surface area contributed by atoms with Gasteiger partial charge in [-0.05, 0) is 29.5 Å². The normalized spacial score (nSPS) is 14.3. The van der Waals surface area contributed by atoms with Crippen LogP contribution in [0.4, 0.5) is 0 Å². The summed E-state index contributed by atoms with van der Waals surface area (Å²) in [5.41, 5.74) is 1.68. The Hall–Kier alpha value is -1.18. The van der Waals surface area contributed by atoms with Gasteiger partial charge in [-0.1, -0.05) is 33.3 Å². The van der Waals surface area contributed by atoms with Crippen molar-refractivity contribution >= 4 is 0 Å². The number of rotatable bonds is 3. The van der Waals surface area contributed by atoms with Crippen LogP contribution in [0.2, 0.25) is 0 Å². The molecule has 0 fully saturated rings. The lowest BCUT2D eigenvalue weighted by Crippen LogP contribution is -2.13. The lowest BCUT2D eigenvalue weighted by molar-refractivity contribution is 0.174. The average Bonchev–Trinajstić information content (AvgIpc) is 2.64. The summed E-state index contributed by atoms with van der Waals surface area (Å²) in [4.78, 5) is 0. The second kappa shape index (κ2) is 3.76. The zero-order valence-electron chi connectivity index (χ0n) is 9.67. The molecule has 2 nitrogen and oxygen atoms in total. The maximum Gasteiger partial charge on any atom is 0.231 e. The third kappa shape index (κ3) is 2.25. The van der Waals surface area contributed by atoms with E-state index in [0.717, 1.165) is 17.9 Å². The van der Waals surface area contributed by atoms with Crippen molar-refractivity contribution in [3.63, 3.8) is 0 Å². The highest BCUT2D eigenvalue weighted by Crippen LogP contribution is 2.35. The van der Waals surface area contributed by atoms with Crippen molar-refractivity contribution in [2.45, 2.75) is 33.6 Å². The first-order valence-corrected chi connectivity index (χ1v) is 5.49. The van der Waals surface area contributed by atoms with Gasteiger partial charge >= 0.3 is 0 Å². The molecule has 0 spiro atoms. The number of fused-ring (bicyclic) bond motifs is 1. The van der Waals surface area contributed by atoms with Crippen LogP contribution >= 0.6 is 0 Å². The number of hydrogen-bond donors (Lipinski definition) is 0. The molecule has 0 atom stereocenters. The van der Waals surface area contributed by atoms with Gasteiger partial charge in [0.15, 0.2) is 11.5 Å². The minimum Gasteiger partial charge on any atom is -0.454 e. The molecule has 0 saturated carbocycles. The van der Waals surface area contributed by atoms with Crippen molar-refractivity contribution in [1.82, 2.24) is 0 Å². The van der Waals surface area contributed by atoms with E-state index in [9.17, 15) is 0 Å². The molecule has 0 aromatic heterocycles. The standard InChI is InChI=1S/C13H18O2/c1-4-13(2,3)8-10-5-6-11-12(7-10)15-9-14-11/h5-7H,4,8-9H2,1-3H3. The minimum absolute atomic E-state index is 0.355. The molecule has 0 saturated heterocycles. The van der Waals surface area contributed by atoms with Gasteiger partial charge in [-0.25, -0.2) is 0 Å². The summed E-state index contributed by atoms with van der Waals surface area (Å²) in [6.45, 7) is 7.16. The van der Waals surface area contributed by atoms with E-state index in [2.05, 4.69) is 32.9 Å². The van der Waals surface area contributed by atoms with Crippen LogP contribution in [0.15, 0.2) is 18.2 Å². The van der Waals surface area contributed by atoms with Gasteiger partial charge in [-0.3, -0.25) is 0 Å². The van der Waals surface area contributed by atoms with Crippen LogP contribution in [-0.2, 0) is 6.42 Å². The van der Waals surface area contributed by atoms with Crippen LogP contribution in [0, 0.1) is 5.41 Å². The van der Waals surface area contributed by atoms with Crippen molar-refractivity contribution in [3.05, 3.63) is 23.8 Å². The molecule has 15 heavy (non-hydrogen) atoms. The van der Waals surface area contributed by atoms with Crippen LogP contribution in [0.25, 0.3) is 0 Å². The average molecular weight is 206 g/mol. The van der Waals surface area contributed by atoms with Gasteiger partial charge in [0.1, 0.15) is 0 Å². The highest BCUT2D eigenvalue weighted by molar-refractivity contribution is 5.44. The Labute approximate surface area is 91.2 Å². The topological polar surface area (TPSA) is 18.5 Å². The predicted molar refractivity (Wildman–Crippen MR) is 60.3 cm³/mol. The fourth-order valence-electron chi connectivity index (χ4n) is 1.73. The molecule has 0 bridgehead atoms. The number of hydrogen-bond acceptors (Lipinski definition) is 2. The van der Waals surface area contributed by atoms with E-state index < -0.39 is 0 Å². The first-order chi connectivity index (χ1) is 7.11. The molecule has 0 aliphatic carbocycles. The maximum absolute atomic E-state index is 5.37. The highest BCUT2D eigenvalue weighted by atomic mass is 16.7. The first-order valence-electron chi connectivity index (χ1n) is 5.49. The molecule has 0 N–H and O–H groups in total. The van der Waals surface area contributed by atoms with Gasteiger partial charge in [0.2, 0.25) is 6.79 Å². The van der Waals surface area contributed by atoms with Gasteiger partial charge < -0.3 is 9.47 Å². The van der Waals surface area contributed by atoms with E-state index in [0.29, 0.717) is 12.2 Å². The molecule has 0 radical (unpaired) electrons. The van der Waals surface area contributed by atoms with Crippen LogP contribution < -0.4 is 9.47 Å². The molecule has 2 rings (SSSR count). The van der Waals surface area contributed by atoms with Gasteiger partial charge in [-0.15, -0.1) is 0 Å². The lowest BCUT2D eigenvalue weighted by Gasteiger charge is -2.22. The Bertz CT molecular complexity index is 356. The van der Waals surface area contributed by atoms with Crippen molar-refractivity contribution < 1.29 is 9.47 Å². The number of benzene rings is 1. The van der Waals surface area contributed by atoms with Crippen LogP contribution in [-0.4, -0.2) is 6.79 Å². The van der Waals surface area contributed by atoms with Crippen molar-refractivity contribution in [2.75, 3.05) is 6.79 Å². The van der Waals surface area contributed by atoms with E-state index in [1.807, 2.05) is 6.07 Å². The van der Waals surface area contributed by atoms with Gasteiger partial charge in [0, 0.05) is 0 Å². The number of ether oxygens (including phenoxy) is 2. The summed E-state index contributed by atoms with van der Waals surface area (Å²) in [5, 5.41) is 0. The van der Waals surface area contributed by atoms with Crippen molar-refractivity contribution in [3.8, 4) is 11.5 Å². The van der Waals surface area contributed by atoms with E-state index in [1.165, 1.54) is 12.0 Å². The molecule has 1 aromatic carbocycles. The van der Waals surface area contributed by atoms with Gasteiger partial charge in [0.25, 0.3) is 0 Å². The molecule has 82 valence electrons. The van der Waals surface area contributed by atoms with E-state index in [-0.39, 0.29) is 0 Å². The molecule has 1 aliphatic rings. The molecule has 1 heterocycles.